The molecular formula is C5H13NO3. The molecule has 0 saturated carbocycles. The first-order chi connectivity index (χ1) is 4.31. The molecule has 1 atom stereocenters. The van der Waals surface area contributed by atoms with E-state index in [0.717, 1.165) is 0 Å². The molecular weight excluding hydrogens is 122 g/mol. The molecule has 0 aromatic rings. The van der Waals surface area contributed by atoms with Gasteiger partial charge in [-0.05, 0) is 0 Å². The number of hydrogen-bond acceptors (Lipinski definition) is 4. The van der Waals surface area contributed by atoms with Gasteiger partial charge in [-0.25, -0.2) is 0 Å². The van der Waals surface area contributed by atoms with Crippen molar-refractivity contribution in [1.29, 1.82) is 0 Å². The van der Waals surface area contributed by atoms with Crippen molar-refractivity contribution >= 4 is 0 Å². The SMILES string of the molecule is NC(CCO)OCCO. The Labute approximate surface area is 54.2 Å². The van der Waals surface area contributed by atoms with Gasteiger partial charge < -0.3 is 20.7 Å². The summed E-state index contributed by atoms with van der Waals surface area (Å²) in [6.07, 6.45) is -0.0258. The number of aliphatic hydroxyl groups is 2. The second kappa shape index (κ2) is 5.97. The van der Waals surface area contributed by atoms with Crippen LogP contribution in [0.1, 0.15) is 6.42 Å². The quantitative estimate of drug-likeness (QED) is 0.408. The van der Waals surface area contributed by atoms with Gasteiger partial charge in [0, 0.05) is 13.0 Å². The first kappa shape index (κ1) is 8.84. The third-order valence-electron chi connectivity index (χ3n) is 0.837. The van der Waals surface area contributed by atoms with Crippen molar-refractivity contribution in [2.75, 3.05) is 19.8 Å². The lowest BCUT2D eigenvalue weighted by atomic mass is 10.4. The molecule has 0 aromatic heterocycles. The zero-order valence-corrected chi connectivity index (χ0v) is 5.29. The summed E-state index contributed by atoms with van der Waals surface area (Å²) in [6.45, 7) is 0.229. The van der Waals surface area contributed by atoms with Gasteiger partial charge in [0.25, 0.3) is 0 Å². The van der Waals surface area contributed by atoms with Gasteiger partial charge in [-0.2, -0.15) is 0 Å². The number of aliphatic hydroxyl groups excluding tert-OH is 2. The van der Waals surface area contributed by atoms with Gasteiger partial charge >= 0.3 is 0 Å². The van der Waals surface area contributed by atoms with Gasteiger partial charge in [0.2, 0.25) is 0 Å². The van der Waals surface area contributed by atoms with Crippen molar-refractivity contribution in [3.05, 3.63) is 0 Å². The van der Waals surface area contributed by atoms with Crippen LogP contribution in [0.2, 0.25) is 0 Å². The summed E-state index contributed by atoms with van der Waals surface area (Å²) in [5, 5.41) is 16.6. The van der Waals surface area contributed by atoms with Crippen LogP contribution in [0.4, 0.5) is 0 Å². The minimum absolute atomic E-state index is 0.0204. The van der Waals surface area contributed by atoms with E-state index in [1.54, 1.807) is 0 Å². The highest BCUT2D eigenvalue weighted by molar-refractivity contribution is 4.44. The average Bonchev–Trinajstić information content (AvgIpc) is 1.85. The molecule has 4 heteroatoms. The molecule has 0 amide bonds. The predicted molar refractivity (Wildman–Crippen MR) is 32.7 cm³/mol. The third-order valence-corrected chi connectivity index (χ3v) is 0.837. The van der Waals surface area contributed by atoms with Gasteiger partial charge in [0.1, 0.15) is 6.23 Å². The van der Waals surface area contributed by atoms with Crippen LogP contribution in [0, 0.1) is 0 Å². The lowest BCUT2D eigenvalue weighted by Gasteiger charge is -2.08. The molecule has 0 spiro atoms. The Balaban J connectivity index is 2.95. The van der Waals surface area contributed by atoms with E-state index >= 15 is 0 Å². The Bertz CT molecular complexity index is 60.2. The topological polar surface area (TPSA) is 75.7 Å². The lowest BCUT2D eigenvalue weighted by molar-refractivity contribution is 0.0190. The fraction of sp³-hybridized carbons (Fsp3) is 1.00. The molecule has 0 bridgehead atoms. The molecule has 1 unspecified atom stereocenters. The summed E-state index contributed by atoms with van der Waals surface area (Å²) in [4.78, 5) is 0. The number of ether oxygens (including phenoxy) is 1. The summed E-state index contributed by atoms with van der Waals surface area (Å²) in [6, 6.07) is 0. The second-order valence-electron chi connectivity index (χ2n) is 1.65. The summed E-state index contributed by atoms with van der Waals surface area (Å²) < 4.78 is 4.80. The zero-order valence-electron chi connectivity index (χ0n) is 5.29. The van der Waals surface area contributed by atoms with E-state index in [4.69, 9.17) is 20.7 Å². The molecule has 4 nitrogen and oxygen atoms in total. The van der Waals surface area contributed by atoms with Gasteiger partial charge in [-0.15, -0.1) is 0 Å². The smallest absolute Gasteiger partial charge is 0.107 e. The Hall–Kier alpha value is -0.160. The Morgan fingerprint density at radius 3 is 2.44 bits per heavy atom. The van der Waals surface area contributed by atoms with Crippen LogP contribution in [0.15, 0.2) is 0 Å². The van der Waals surface area contributed by atoms with Crippen molar-refractivity contribution in [2.45, 2.75) is 12.6 Å². The van der Waals surface area contributed by atoms with Crippen LogP contribution >= 0.6 is 0 Å². The van der Waals surface area contributed by atoms with Gasteiger partial charge in [-0.3, -0.25) is 0 Å². The van der Waals surface area contributed by atoms with Crippen LogP contribution in [0.5, 0.6) is 0 Å². The molecule has 0 radical (unpaired) electrons. The van der Waals surface area contributed by atoms with E-state index in [1.165, 1.54) is 0 Å². The normalized spacial score (nSPS) is 13.7. The average molecular weight is 135 g/mol. The lowest BCUT2D eigenvalue weighted by Crippen LogP contribution is -2.26. The maximum absolute atomic E-state index is 8.31. The summed E-state index contributed by atoms with van der Waals surface area (Å²) >= 11 is 0. The van der Waals surface area contributed by atoms with Crippen molar-refractivity contribution in [2.24, 2.45) is 5.73 Å². The van der Waals surface area contributed by atoms with Gasteiger partial charge in [0.15, 0.2) is 0 Å². The predicted octanol–water partition coefficient (Wildman–Crippen LogP) is -1.34. The third kappa shape index (κ3) is 5.72. The largest absolute Gasteiger partial charge is 0.396 e. The zero-order chi connectivity index (χ0) is 7.11. The maximum atomic E-state index is 8.31. The molecule has 0 aliphatic rings. The van der Waals surface area contributed by atoms with Crippen LogP contribution < -0.4 is 5.73 Å². The van der Waals surface area contributed by atoms with E-state index in [2.05, 4.69) is 0 Å². The fourth-order valence-corrected chi connectivity index (χ4v) is 0.415. The Morgan fingerprint density at radius 2 is 2.00 bits per heavy atom. The van der Waals surface area contributed by atoms with Gasteiger partial charge in [0.05, 0.1) is 13.2 Å². The van der Waals surface area contributed by atoms with Crippen molar-refractivity contribution < 1.29 is 14.9 Å². The maximum Gasteiger partial charge on any atom is 0.107 e. The Kier molecular flexibility index (Phi) is 5.86. The van der Waals surface area contributed by atoms with Crippen LogP contribution in [-0.4, -0.2) is 36.3 Å². The van der Waals surface area contributed by atoms with E-state index in [1.807, 2.05) is 0 Å². The van der Waals surface area contributed by atoms with Gasteiger partial charge in [-0.1, -0.05) is 0 Å². The van der Waals surface area contributed by atoms with E-state index in [9.17, 15) is 0 Å². The molecule has 56 valence electrons. The van der Waals surface area contributed by atoms with E-state index in [0.29, 0.717) is 6.42 Å². The molecule has 0 aromatic carbocycles. The first-order valence-corrected chi connectivity index (χ1v) is 2.90. The van der Waals surface area contributed by atoms with E-state index < -0.39 is 6.23 Å². The minimum atomic E-state index is -0.442. The van der Waals surface area contributed by atoms with Crippen molar-refractivity contribution in [3.8, 4) is 0 Å². The van der Waals surface area contributed by atoms with Crippen LogP contribution in [0.25, 0.3) is 0 Å². The second-order valence-corrected chi connectivity index (χ2v) is 1.65. The molecule has 0 rings (SSSR count). The standard InChI is InChI=1S/C5H13NO3/c6-5(1-2-7)9-4-3-8/h5,7-8H,1-4,6H2. The monoisotopic (exact) mass is 135 g/mol. The Morgan fingerprint density at radius 1 is 1.33 bits per heavy atom. The highest BCUT2D eigenvalue weighted by Gasteiger charge is 1.98. The summed E-state index contributed by atoms with van der Waals surface area (Å²) in [5.74, 6) is 0. The molecule has 9 heavy (non-hydrogen) atoms. The molecule has 0 heterocycles. The highest BCUT2D eigenvalue weighted by Crippen LogP contribution is 1.87. The summed E-state index contributed by atoms with van der Waals surface area (Å²) in [5.41, 5.74) is 5.28. The molecule has 0 aliphatic carbocycles. The number of nitrogens with two attached hydrogens (primary N) is 1. The molecule has 4 N–H and O–H groups in total. The fourth-order valence-electron chi connectivity index (χ4n) is 0.415. The minimum Gasteiger partial charge on any atom is -0.396 e. The molecule has 0 aliphatic heterocycles. The van der Waals surface area contributed by atoms with E-state index in [-0.39, 0.29) is 19.8 Å². The van der Waals surface area contributed by atoms with Crippen molar-refractivity contribution in [1.82, 2.24) is 0 Å². The number of rotatable bonds is 5. The van der Waals surface area contributed by atoms with Crippen LogP contribution in [0.3, 0.4) is 0 Å². The van der Waals surface area contributed by atoms with Crippen molar-refractivity contribution in [3.63, 3.8) is 0 Å². The molecule has 0 saturated heterocycles. The molecule has 0 fully saturated rings. The first-order valence-electron chi connectivity index (χ1n) is 2.90. The highest BCUT2D eigenvalue weighted by atomic mass is 16.5. The number of hydrogen-bond donors (Lipinski definition) is 3. The van der Waals surface area contributed by atoms with Crippen LogP contribution in [-0.2, 0) is 4.74 Å². The summed E-state index contributed by atoms with van der Waals surface area (Å²) in [7, 11) is 0.